The summed E-state index contributed by atoms with van der Waals surface area (Å²) in [7, 11) is -3.35. The third-order valence-corrected chi connectivity index (χ3v) is 3.98. The third-order valence-electron chi connectivity index (χ3n) is 2.12. The van der Waals surface area contributed by atoms with Crippen LogP contribution >= 0.6 is 12.2 Å². The molecule has 0 aliphatic carbocycles. The van der Waals surface area contributed by atoms with E-state index in [4.69, 9.17) is 18.0 Å². The molecular weight excluding hydrogens is 256 g/mol. The molecule has 0 amide bonds. The maximum absolute atomic E-state index is 11.3. The molecule has 0 radical (unpaired) electrons. The first-order valence-electron chi connectivity index (χ1n) is 5.24. The number of fused-ring (bicyclic) bond motifs is 1. The summed E-state index contributed by atoms with van der Waals surface area (Å²) in [5, 5.41) is 0. The number of nitrogens with one attached hydrogen (secondary N) is 1. The first-order chi connectivity index (χ1) is 7.88. The number of hydrogen-bond acceptors (Lipinski definition) is 4. The fourth-order valence-electron chi connectivity index (χ4n) is 1.12. The van der Waals surface area contributed by atoms with Crippen molar-refractivity contribution in [3.8, 4) is 0 Å². The van der Waals surface area contributed by atoms with Crippen LogP contribution in [0.4, 0.5) is 0 Å². The van der Waals surface area contributed by atoms with E-state index in [-0.39, 0.29) is 9.88 Å². The van der Waals surface area contributed by atoms with Crippen molar-refractivity contribution in [1.82, 2.24) is 4.72 Å². The normalized spacial score (nSPS) is 15.9. The van der Waals surface area contributed by atoms with Gasteiger partial charge in [0.1, 0.15) is 4.99 Å². The molecule has 0 saturated carbocycles. The van der Waals surface area contributed by atoms with E-state index in [2.05, 4.69) is 18.6 Å². The number of nitrogens with two attached hydrogens (primary N) is 1. The van der Waals surface area contributed by atoms with Crippen LogP contribution in [0, 0.1) is 5.92 Å². The van der Waals surface area contributed by atoms with Crippen LogP contribution in [0.2, 0.25) is 0 Å². The zero-order valence-electron chi connectivity index (χ0n) is 9.80. The van der Waals surface area contributed by atoms with Gasteiger partial charge in [0.2, 0.25) is 0 Å². The van der Waals surface area contributed by atoms with Crippen molar-refractivity contribution in [2.24, 2.45) is 11.7 Å². The molecule has 0 atom stereocenters. The van der Waals surface area contributed by atoms with E-state index in [0.29, 0.717) is 11.5 Å². The van der Waals surface area contributed by atoms with E-state index in [1.807, 2.05) is 0 Å². The molecule has 1 aromatic rings. The summed E-state index contributed by atoms with van der Waals surface area (Å²) >= 11 is 4.83. The summed E-state index contributed by atoms with van der Waals surface area (Å²) in [5.74, 6) is 0.662. The molecule has 1 aromatic carbocycles. The maximum atomic E-state index is 11.3. The Morgan fingerprint density at radius 1 is 1.35 bits per heavy atom. The van der Waals surface area contributed by atoms with Crippen molar-refractivity contribution in [1.29, 1.82) is 0 Å². The molecule has 0 unspecified atom stereocenters. The molecule has 0 fully saturated rings. The number of rotatable bonds is 1. The van der Waals surface area contributed by atoms with Crippen molar-refractivity contribution in [3.63, 3.8) is 0 Å². The zero-order chi connectivity index (χ0) is 13.1. The topological polar surface area (TPSA) is 72.2 Å². The Morgan fingerprint density at radius 3 is 2.35 bits per heavy atom. The molecule has 4 nitrogen and oxygen atoms in total. The minimum atomic E-state index is -3.35. The van der Waals surface area contributed by atoms with Crippen LogP contribution < -0.4 is 10.5 Å². The van der Waals surface area contributed by atoms with Gasteiger partial charge in [-0.3, -0.25) is 4.72 Å². The first-order valence-corrected chi connectivity index (χ1v) is 7.14. The van der Waals surface area contributed by atoms with Gasteiger partial charge in [-0.05, 0) is 18.5 Å². The quantitative estimate of drug-likeness (QED) is 0.755. The van der Waals surface area contributed by atoms with Gasteiger partial charge in [-0.15, -0.1) is 0 Å². The number of hydrogen-bond donors (Lipinski definition) is 2. The number of sulfonamides is 1. The second-order valence-corrected chi connectivity index (χ2v) is 6.12. The predicted octanol–water partition coefficient (Wildman–Crippen LogP) is 1.26. The molecule has 94 valence electrons. The Kier molecular flexibility index (Phi) is 4.62. The lowest BCUT2D eigenvalue weighted by molar-refractivity contribution is 0.595. The Bertz CT molecular complexity index is 510. The molecule has 2 rings (SSSR count). The number of thiocarbonyl (C=S) groups is 1. The van der Waals surface area contributed by atoms with Crippen LogP contribution in [0.3, 0.4) is 0 Å². The van der Waals surface area contributed by atoms with E-state index >= 15 is 0 Å². The molecule has 3 N–H and O–H groups in total. The molecule has 0 spiro atoms. The predicted molar refractivity (Wildman–Crippen MR) is 72.4 cm³/mol. The van der Waals surface area contributed by atoms with Crippen molar-refractivity contribution in [3.05, 3.63) is 29.8 Å². The van der Waals surface area contributed by atoms with Crippen molar-refractivity contribution in [2.75, 3.05) is 6.54 Å². The summed E-state index contributed by atoms with van der Waals surface area (Å²) in [5.41, 5.74) is 5.76. The van der Waals surface area contributed by atoms with Gasteiger partial charge < -0.3 is 5.73 Å². The van der Waals surface area contributed by atoms with Gasteiger partial charge >= 0.3 is 0 Å². The Balaban J connectivity index is 0.000000249. The number of benzene rings is 1. The zero-order valence-corrected chi connectivity index (χ0v) is 11.4. The molecule has 0 aromatic heterocycles. The van der Waals surface area contributed by atoms with Gasteiger partial charge in [-0.1, -0.05) is 44.3 Å². The smallest absolute Gasteiger partial charge is 0.263 e. The fourth-order valence-corrected chi connectivity index (χ4v) is 2.87. The SMILES string of the molecule is CC(C)CN.O=S1(=O)NC(=S)c2ccccc21. The van der Waals surface area contributed by atoms with Gasteiger partial charge in [-0.25, -0.2) is 8.42 Å². The second kappa shape index (κ2) is 5.57. The average Bonchev–Trinajstić information content (AvgIpc) is 2.51. The van der Waals surface area contributed by atoms with E-state index in [1.165, 1.54) is 6.07 Å². The van der Waals surface area contributed by atoms with Gasteiger partial charge in [0.15, 0.2) is 0 Å². The standard InChI is InChI=1S/C7H5NO2S2.C4H11N/c9-12(10)6-4-2-1-3-5(6)7(11)8-12;1-4(2)3-5/h1-4H,(H,8,11);4H,3,5H2,1-2H3. The summed E-state index contributed by atoms with van der Waals surface area (Å²) in [6, 6.07) is 6.66. The largest absolute Gasteiger partial charge is 0.330 e. The van der Waals surface area contributed by atoms with Crippen molar-refractivity contribution >= 4 is 27.2 Å². The minimum Gasteiger partial charge on any atom is -0.330 e. The van der Waals surface area contributed by atoms with E-state index in [9.17, 15) is 8.42 Å². The fraction of sp³-hybridized carbons (Fsp3) is 0.364. The van der Waals surface area contributed by atoms with E-state index in [1.54, 1.807) is 18.2 Å². The van der Waals surface area contributed by atoms with Gasteiger partial charge in [0.05, 0.1) is 4.90 Å². The summed E-state index contributed by atoms with van der Waals surface area (Å²) in [6.45, 7) is 5.00. The van der Waals surface area contributed by atoms with Gasteiger partial charge in [0, 0.05) is 5.56 Å². The summed E-state index contributed by atoms with van der Waals surface area (Å²) in [4.78, 5) is 0.556. The average molecular weight is 272 g/mol. The molecule has 0 bridgehead atoms. The highest BCUT2D eigenvalue weighted by molar-refractivity contribution is 7.93. The van der Waals surface area contributed by atoms with Gasteiger partial charge in [-0.2, -0.15) is 0 Å². The first kappa shape index (κ1) is 14.1. The van der Waals surface area contributed by atoms with Crippen LogP contribution in [-0.4, -0.2) is 20.0 Å². The lowest BCUT2D eigenvalue weighted by Gasteiger charge is -1.92. The lowest BCUT2D eigenvalue weighted by Crippen LogP contribution is -2.19. The van der Waals surface area contributed by atoms with Gasteiger partial charge in [0.25, 0.3) is 10.0 Å². The minimum absolute atomic E-state index is 0.273. The molecule has 1 aliphatic rings. The van der Waals surface area contributed by atoms with Crippen LogP contribution in [-0.2, 0) is 10.0 Å². The molecule has 1 aliphatic heterocycles. The highest BCUT2D eigenvalue weighted by Gasteiger charge is 2.28. The Labute approximate surface area is 107 Å². The summed E-state index contributed by atoms with van der Waals surface area (Å²) in [6.07, 6.45) is 0. The maximum Gasteiger partial charge on any atom is 0.263 e. The highest BCUT2D eigenvalue weighted by Crippen LogP contribution is 2.21. The third kappa shape index (κ3) is 3.49. The highest BCUT2D eigenvalue weighted by atomic mass is 32.2. The van der Waals surface area contributed by atoms with Crippen molar-refractivity contribution in [2.45, 2.75) is 18.7 Å². The lowest BCUT2D eigenvalue weighted by atomic mass is 10.2. The van der Waals surface area contributed by atoms with E-state index in [0.717, 1.165) is 6.54 Å². The van der Waals surface area contributed by atoms with E-state index < -0.39 is 10.0 Å². The molecule has 1 heterocycles. The monoisotopic (exact) mass is 272 g/mol. The summed E-state index contributed by atoms with van der Waals surface area (Å²) < 4.78 is 24.8. The van der Waals surface area contributed by atoms with Crippen LogP contribution in [0.15, 0.2) is 29.2 Å². The molecule has 17 heavy (non-hydrogen) atoms. The van der Waals surface area contributed by atoms with Crippen LogP contribution in [0.1, 0.15) is 19.4 Å². The van der Waals surface area contributed by atoms with Crippen LogP contribution in [0.5, 0.6) is 0 Å². The second-order valence-electron chi connectivity index (χ2n) is 4.06. The Hall–Kier alpha value is -0.980. The van der Waals surface area contributed by atoms with Crippen LogP contribution in [0.25, 0.3) is 0 Å². The molecule has 6 heteroatoms. The Morgan fingerprint density at radius 2 is 1.88 bits per heavy atom. The molecule has 0 saturated heterocycles. The van der Waals surface area contributed by atoms with Crippen molar-refractivity contribution < 1.29 is 8.42 Å². The molecular formula is C11H16N2O2S2.